The highest BCUT2D eigenvalue weighted by molar-refractivity contribution is 6.31. The van der Waals surface area contributed by atoms with E-state index in [1.807, 2.05) is 31.2 Å². The smallest absolute Gasteiger partial charge is 0.321 e. The molecule has 4 rings (SSSR count). The van der Waals surface area contributed by atoms with E-state index in [1.54, 1.807) is 24.1 Å². The van der Waals surface area contributed by atoms with Gasteiger partial charge >= 0.3 is 6.03 Å². The number of anilines is 2. The number of amides is 3. The van der Waals surface area contributed by atoms with Gasteiger partial charge in [0.25, 0.3) is 5.91 Å². The van der Waals surface area contributed by atoms with Crippen LogP contribution >= 0.6 is 11.6 Å². The number of aryl methyl sites for hydroxylation is 1. The second kappa shape index (κ2) is 8.30. The lowest BCUT2D eigenvalue weighted by Crippen LogP contribution is -2.68. The average Bonchev–Trinajstić information content (AvgIpc) is 2.74. The third-order valence-corrected chi connectivity index (χ3v) is 6.38. The minimum absolute atomic E-state index is 0.0984. The Morgan fingerprint density at radius 1 is 1.23 bits per heavy atom. The van der Waals surface area contributed by atoms with Crippen molar-refractivity contribution < 1.29 is 14.3 Å². The molecule has 164 valence electrons. The lowest BCUT2D eigenvalue weighted by Gasteiger charge is -2.52. The van der Waals surface area contributed by atoms with Crippen molar-refractivity contribution in [2.45, 2.75) is 32.4 Å². The van der Waals surface area contributed by atoms with Crippen molar-refractivity contribution in [1.82, 2.24) is 10.2 Å². The van der Waals surface area contributed by atoms with Crippen LogP contribution < -0.4 is 20.3 Å². The zero-order valence-electron chi connectivity index (χ0n) is 18.0. The summed E-state index contributed by atoms with van der Waals surface area (Å²) in [6, 6.07) is 10.8. The van der Waals surface area contributed by atoms with Crippen molar-refractivity contribution in [3.63, 3.8) is 0 Å². The summed E-state index contributed by atoms with van der Waals surface area (Å²) in [4.78, 5) is 29.7. The highest BCUT2D eigenvalue weighted by atomic mass is 35.5. The highest BCUT2D eigenvalue weighted by Gasteiger charge is 2.45. The van der Waals surface area contributed by atoms with Crippen molar-refractivity contribution >= 4 is 34.9 Å². The highest BCUT2D eigenvalue weighted by Crippen LogP contribution is 2.38. The zero-order chi connectivity index (χ0) is 22.2. The number of methoxy groups -OCH3 is 1. The van der Waals surface area contributed by atoms with Crippen LogP contribution in [-0.2, 0) is 0 Å². The fourth-order valence-electron chi connectivity index (χ4n) is 4.56. The van der Waals surface area contributed by atoms with E-state index in [-0.39, 0.29) is 11.9 Å². The maximum Gasteiger partial charge on any atom is 0.321 e. The Balaban J connectivity index is 1.51. The minimum Gasteiger partial charge on any atom is -0.495 e. The number of carbonyl (C=O) groups excluding carboxylic acids is 2. The molecular weight excluding hydrogens is 416 g/mol. The predicted octanol–water partition coefficient (Wildman–Crippen LogP) is 4.25. The number of benzene rings is 2. The maximum atomic E-state index is 12.9. The minimum atomic E-state index is -0.526. The van der Waals surface area contributed by atoms with E-state index in [9.17, 15) is 9.59 Å². The Kier molecular flexibility index (Phi) is 5.71. The van der Waals surface area contributed by atoms with Gasteiger partial charge in [0.05, 0.1) is 24.0 Å². The molecule has 0 radical (unpaired) electrons. The summed E-state index contributed by atoms with van der Waals surface area (Å²) in [7, 11) is 1.58. The van der Waals surface area contributed by atoms with Gasteiger partial charge in [-0.15, -0.1) is 0 Å². The van der Waals surface area contributed by atoms with Crippen LogP contribution in [0.25, 0.3) is 0 Å². The van der Waals surface area contributed by atoms with Crippen LogP contribution in [-0.4, -0.2) is 49.2 Å². The standard InChI is InChI=1S/C23H27ClN4O3/c1-4-28-19-14-16(24)6-7-17(19)21(29)26-23(28)9-11-27(12-10-23)22(30)25-18-13-15(2)5-8-20(18)31-3/h5-8,13-14H,4,9-12H2,1-3H3,(H,25,30)(H,26,29). The Labute approximate surface area is 187 Å². The maximum absolute atomic E-state index is 12.9. The van der Waals surface area contributed by atoms with Crippen molar-refractivity contribution in [2.75, 3.05) is 37.0 Å². The van der Waals surface area contributed by atoms with Gasteiger partial charge in [0.15, 0.2) is 0 Å². The van der Waals surface area contributed by atoms with Crippen LogP contribution in [0, 0.1) is 6.92 Å². The topological polar surface area (TPSA) is 73.9 Å². The molecule has 31 heavy (non-hydrogen) atoms. The van der Waals surface area contributed by atoms with Gasteiger partial charge in [0, 0.05) is 37.5 Å². The molecule has 2 aromatic rings. The summed E-state index contributed by atoms with van der Waals surface area (Å²) in [5.41, 5.74) is 2.64. The molecule has 2 heterocycles. The molecule has 1 spiro atoms. The fraction of sp³-hybridized carbons (Fsp3) is 0.391. The van der Waals surface area contributed by atoms with Gasteiger partial charge < -0.3 is 25.2 Å². The normalized spacial score (nSPS) is 17.2. The molecule has 8 heteroatoms. The molecule has 1 saturated heterocycles. The van der Waals surface area contributed by atoms with E-state index < -0.39 is 5.66 Å². The largest absolute Gasteiger partial charge is 0.495 e. The van der Waals surface area contributed by atoms with E-state index in [1.165, 1.54) is 0 Å². The van der Waals surface area contributed by atoms with Gasteiger partial charge in [0.1, 0.15) is 11.4 Å². The monoisotopic (exact) mass is 442 g/mol. The van der Waals surface area contributed by atoms with Gasteiger partial charge in [-0.05, 0) is 49.7 Å². The summed E-state index contributed by atoms with van der Waals surface area (Å²) >= 11 is 6.22. The molecule has 3 amide bonds. The van der Waals surface area contributed by atoms with Crippen LogP contribution in [0.4, 0.5) is 16.2 Å². The molecule has 2 aromatic carbocycles. The number of ether oxygens (including phenoxy) is 1. The van der Waals surface area contributed by atoms with Crippen molar-refractivity contribution in [3.05, 3.63) is 52.5 Å². The second-order valence-corrected chi connectivity index (χ2v) is 8.45. The third kappa shape index (κ3) is 3.90. The Morgan fingerprint density at radius 3 is 2.65 bits per heavy atom. The molecule has 0 unspecified atom stereocenters. The molecule has 1 fully saturated rings. The van der Waals surface area contributed by atoms with Gasteiger partial charge in [-0.1, -0.05) is 17.7 Å². The molecule has 0 aliphatic carbocycles. The van der Waals surface area contributed by atoms with Crippen molar-refractivity contribution in [2.24, 2.45) is 0 Å². The number of likely N-dealkylation sites (tertiary alicyclic amines) is 1. The molecular formula is C23H27ClN4O3. The SMILES string of the molecule is CCN1c2cc(Cl)ccc2C(=O)NC12CCN(C(=O)Nc1cc(C)ccc1OC)CC2. The lowest BCUT2D eigenvalue weighted by molar-refractivity contribution is 0.0808. The third-order valence-electron chi connectivity index (χ3n) is 6.15. The molecule has 0 aromatic heterocycles. The van der Waals surface area contributed by atoms with Crippen LogP contribution in [0.2, 0.25) is 5.02 Å². The van der Waals surface area contributed by atoms with E-state index >= 15 is 0 Å². The molecule has 7 nitrogen and oxygen atoms in total. The van der Waals surface area contributed by atoms with Gasteiger partial charge in [0.2, 0.25) is 0 Å². The average molecular weight is 443 g/mol. The lowest BCUT2D eigenvalue weighted by atomic mass is 9.90. The quantitative estimate of drug-likeness (QED) is 0.745. The first-order valence-corrected chi connectivity index (χ1v) is 10.8. The van der Waals surface area contributed by atoms with Crippen LogP contribution in [0.5, 0.6) is 5.75 Å². The zero-order valence-corrected chi connectivity index (χ0v) is 18.8. The number of piperidine rings is 1. The molecule has 2 aliphatic rings. The molecule has 0 bridgehead atoms. The second-order valence-electron chi connectivity index (χ2n) is 8.01. The predicted molar refractivity (Wildman–Crippen MR) is 122 cm³/mol. The first-order chi connectivity index (χ1) is 14.9. The van der Waals surface area contributed by atoms with Crippen LogP contribution in [0.3, 0.4) is 0 Å². The molecule has 0 saturated carbocycles. The van der Waals surface area contributed by atoms with Crippen LogP contribution in [0.1, 0.15) is 35.7 Å². The Morgan fingerprint density at radius 2 is 1.97 bits per heavy atom. The van der Waals surface area contributed by atoms with Crippen LogP contribution in [0.15, 0.2) is 36.4 Å². The first kappa shape index (κ1) is 21.3. The number of rotatable bonds is 3. The van der Waals surface area contributed by atoms with Crippen molar-refractivity contribution in [3.8, 4) is 5.75 Å². The summed E-state index contributed by atoms with van der Waals surface area (Å²) in [5, 5.41) is 6.78. The summed E-state index contributed by atoms with van der Waals surface area (Å²) in [6.07, 6.45) is 1.24. The number of halogens is 1. The van der Waals surface area contributed by atoms with Gasteiger partial charge in [-0.3, -0.25) is 4.79 Å². The molecule has 2 aliphatic heterocycles. The molecule has 0 atom stereocenters. The summed E-state index contributed by atoms with van der Waals surface area (Å²) < 4.78 is 5.36. The van der Waals surface area contributed by atoms with E-state index in [0.29, 0.717) is 48.0 Å². The fourth-order valence-corrected chi connectivity index (χ4v) is 4.72. The van der Waals surface area contributed by atoms with Gasteiger partial charge in [-0.2, -0.15) is 0 Å². The van der Waals surface area contributed by atoms with E-state index in [4.69, 9.17) is 16.3 Å². The Bertz CT molecular complexity index is 1020. The number of urea groups is 1. The number of carbonyl (C=O) groups is 2. The van der Waals surface area contributed by atoms with Crippen molar-refractivity contribution in [1.29, 1.82) is 0 Å². The number of nitrogens with one attached hydrogen (secondary N) is 2. The van der Waals surface area contributed by atoms with E-state index in [0.717, 1.165) is 17.8 Å². The number of fused-ring (bicyclic) bond motifs is 1. The Hall–Kier alpha value is -2.93. The first-order valence-electron chi connectivity index (χ1n) is 10.5. The number of nitrogens with zero attached hydrogens (tertiary/aromatic N) is 2. The van der Waals surface area contributed by atoms with Gasteiger partial charge in [-0.25, -0.2) is 4.79 Å². The number of hydrogen-bond acceptors (Lipinski definition) is 4. The van der Waals surface area contributed by atoms with E-state index in [2.05, 4.69) is 22.5 Å². The number of hydrogen-bond donors (Lipinski definition) is 2. The summed E-state index contributed by atoms with van der Waals surface area (Å²) in [6.45, 7) is 5.79. The molecule has 2 N–H and O–H groups in total. The summed E-state index contributed by atoms with van der Waals surface area (Å²) in [5.74, 6) is 0.524.